The Hall–Kier alpha value is -1.82. The first-order valence-electron chi connectivity index (χ1n) is 6.93. The average molecular weight is 295 g/mol. The Morgan fingerprint density at radius 2 is 2.10 bits per heavy atom. The lowest BCUT2D eigenvalue weighted by molar-refractivity contribution is -0.128. The molecule has 1 saturated heterocycles. The van der Waals surface area contributed by atoms with E-state index in [0.717, 1.165) is 5.56 Å². The number of benzene rings is 1. The van der Waals surface area contributed by atoms with Gasteiger partial charge in [-0.3, -0.25) is 4.79 Å². The summed E-state index contributed by atoms with van der Waals surface area (Å²) in [6.45, 7) is 0.260. The predicted molar refractivity (Wildman–Crippen MR) is 76.8 cm³/mol. The molecule has 4 nitrogen and oxygen atoms in total. The summed E-state index contributed by atoms with van der Waals surface area (Å²) in [7, 11) is 0. The average Bonchev–Trinajstić information content (AvgIpc) is 2.48. The fourth-order valence-corrected chi connectivity index (χ4v) is 2.61. The Labute approximate surface area is 122 Å². The Morgan fingerprint density at radius 1 is 1.38 bits per heavy atom. The largest absolute Gasteiger partial charge is 0.350 e. The van der Waals surface area contributed by atoms with Crippen molar-refractivity contribution < 1.29 is 13.6 Å². The molecule has 0 radical (unpaired) electrons. The van der Waals surface area contributed by atoms with Crippen LogP contribution in [-0.2, 0) is 11.2 Å². The lowest BCUT2D eigenvalue weighted by atomic mass is 9.73. The number of alkyl halides is 2. The van der Waals surface area contributed by atoms with E-state index in [9.17, 15) is 13.6 Å². The standard InChI is InChI=1S/C15H19F2N3O/c16-13(17)9-20-14(21)15(10-19-7-6-12(15)18)8-11-4-2-1-3-5-11/h1-5,13,18-19H,6-10H2,(H,20,21). The number of carbonyl (C=O) groups excluding carboxylic acids is 1. The minimum Gasteiger partial charge on any atom is -0.350 e. The molecule has 0 bridgehead atoms. The van der Waals surface area contributed by atoms with Crippen molar-refractivity contribution in [3.8, 4) is 0 Å². The van der Waals surface area contributed by atoms with Gasteiger partial charge in [-0.2, -0.15) is 0 Å². The molecule has 1 unspecified atom stereocenters. The summed E-state index contributed by atoms with van der Waals surface area (Å²) in [4.78, 5) is 12.4. The SMILES string of the molecule is N=C1CCNCC1(Cc1ccccc1)C(=O)NCC(F)F. The van der Waals surface area contributed by atoms with Crippen LogP contribution < -0.4 is 10.6 Å². The second kappa shape index (κ2) is 6.76. The van der Waals surface area contributed by atoms with Gasteiger partial charge in [-0.25, -0.2) is 8.78 Å². The highest BCUT2D eigenvalue weighted by atomic mass is 19.3. The molecule has 0 aromatic heterocycles. The molecule has 0 spiro atoms. The van der Waals surface area contributed by atoms with Gasteiger partial charge in [-0.1, -0.05) is 30.3 Å². The van der Waals surface area contributed by atoms with Crippen molar-refractivity contribution in [2.45, 2.75) is 19.3 Å². The number of rotatable bonds is 5. The monoisotopic (exact) mass is 295 g/mol. The Kier molecular flexibility index (Phi) is 5.01. The van der Waals surface area contributed by atoms with Crippen molar-refractivity contribution in [1.29, 1.82) is 5.41 Å². The van der Waals surface area contributed by atoms with Crippen LogP contribution in [0.3, 0.4) is 0 Å². The quantitative estimate of drug-likeness (QED) is 0.772. The van der Waals surface area contributed by atoms with E-state index in [2.05, 4.69) is 10.6 Å². The van der Waals surface area contributed by atoms with Crippen molar-refractivity contribution in [2.75, 3.05) is 19.6 Å². The van der Waals surface area contributed by atoms with Crippen molar-refractivity contribution in [3.63, 3.8) is 0 Å². The Morgan fingerprint density at radius 3 is 2.71 bits per heavy atom. The molecule has 0 saturated carbocycles. The van der Waals surface area contributed by atoms with Crippen molar-refractivity contribution in [3.05, 3.63) is 35.9 Å². The van der Waals surface area contributed by atoms with Gasteiger partial charge >= 0.3 is 0 Å². The second-order valence-electron chi connectivity index (χ2n) is 5.25. The van der Waals surface area contributed by atoms with E-state index in [1.54, 1.807) is 0 Å². The van der Waals surface area contributed by atoms with Crippen LogP contribution in [-0.4, -0.2) is 37.7 Å². The van der Waals surface area contributed by atoms with Crippen LogP contribution >= 0.6 is 0 Å². The van der Waals surface area contributed by atoms with Crippen LogP contribution in [0.1, 0.15) is 12.0 Å². The molecule has 1 amide bonds. The van der Waals surface area contributed by atoms with E-state index >= 15 is 0 Å². The van der Waals surface area contributed by atoms with Gasteiger partial charge in [0, 0.05) is 18.8 Å². The molecule has 1 fully saturated rings. The molecule has 1 aliphatic heterocycles. The van der Waals surface area contributed by atoms with E-state index in [1.165, 1.54) is 0 Å². The number of halogens is 2. The first-order valence-corrected chi connectivity index (χ1v) is 6.93. The molecule has 6 heteroatoms. The van der Waals surface area contributed by atoms with Crippen molar-refractivity contribution in [2.24, 2.45) is 5.41 Å². The summed E-state index contributed by atoms with van der Waals surface area (Å²) in [5.41, 5.74) is 0.143. The summed E-state index contributed by atoms with van der Waals surface area (Å²) in [6, 6.07) is 9.35. The maximum absolute atomic E-state index is 12.4. The summed E-state index contributed by atoms with van der Waals surface area (Å²) < 4.78 is 24.7. The van der Waals surface area contributed by atoms with E-state index in [1.807, 2.05) is 30.3 Å². The zero-order chi connectivity index (χ0) is 15.3. The molecule has 1 aliphatic rings. The van der Waals surface area contributed by atoms with Crippen LogP contribution in [0, 0.1) is 10.8 Å². The number of piperidine rings is 1. The van der Waals surface area contributed by atoms with E-state index in [4.69, 9.17) is 5.41 Å². The first-order chi connectivity index (χ1) is 10.0. The summed E-state index contributed by atoms with van der Waals surface area (Å²) in [5.74, 6) is -0.496. The molecule has 1 heterocycles. The van der Waals surface area contributed by atoms with Gasteiger partial charge in [0.15, 0.2) is 0 Å². The molecular formula is C15H19F2N3O. The summed E-state index contributed by atoms with van der Waals surface area (Å²) in [5, 5.41) is 13.6. The van der Waals surface area contributed by atoms with Crippen LogP contribution in [0.4, 0.5) is 8.78 Å². The minimum absolute atomic E-state index is 0.301. The Bertz CT molecular complexity index is 507. The Balaban J connectivity index is 2.22. The highest BCUT2D eigenvalue weighted by Crippen LogP contribution is 2.28. The molecule has 2 rings (SSSR count). The van der Waals surface area contributed by atoms with E-state index < -0.39 is 24.3 Å². The number of amides is 1. The molecule has 1 aromatic rings. The van der Waals surface area contributed by atoms with Gasteiger partial charge < -0.3 is 16.0 Å². The van der Waals surface area contributed by atoms with Gasteiger partial charge in [-0.15, -0.1) is 0 Å². The molecule has 21 heavy (non-hydrogen) atoms. The highest BCUT2D eigenvalue weighted by Gasteiger charge is 2.44. The molecular weight excluding hydrogens is 276 g/mol. The molecule has 0 aliphatic carbocycles. The molecule has 114 valence electrons. The van der Waals surface area contributed by atoms with Gasteiger partial charge in [0.2, 0.25) is 5.91 Å². The minimum atomic E-state index is -2.59. The number of nitrogens with one attached hydrogen (secondary N) is 3. The molecule has 1 aromatic carbocycles. The lowest BCUT2D eigenvalue weighted by Gasteiger charge is -2.37. The van der Waals surface area contributed by atoms with Crippen molar-refractivity contribution in [1.82, 2.24) is 10.6 Å². The van der Waals surface area contributed by atoms with Crippen LogP contribution in [0.15, 0.2) is 30.3 Å². The molecule has 1 atom stereocenters. The number of hydrogen-bond donors (Lipinski definition) is 3. The number of hydrogen-bond acceptors (Lipinski definition) is 3. The zero-order valence-corrected chi connectivity index (χ0v) is 11.7. The first kappa shape index (κ1) is 15.6. The fourth-order valence-electron chi connectivity index (χ4n) is 2.61. The third-order valence-corrected chi connectivity index (χ3v) is 3.76. The third-order valence-electron chi connectivity index (χ3n) is 3.76. The zero-order valence-electron chi connectivity index (χ0n) is 11.7. The third kappa shape index (κ3) is 3.64. The van der Waals surface area contributed by atoms with Gasteiger partial charge in [-0.05, 0) is 18.4 Å². The van der Waals surface area contributed by atoms with Gasteiger partial charge in [0.1, 0.15) is 5.41 Å². The smallest absolute Gasteiger partial charge is 0.255 e. The van der Waals surface area contributed by atoms with E-state index in [0.29, 0.717) is 31.6 Å². The molecule has 3 N–H and O–H groups in total. The summed E-state index contributed by atoms with van der Waals surface area (Å²) >= 11 is 0. The number of carbonyl (C=O) groups is 1. The van der Waals surface area contributed by atoms with Crippen molar-refractivity contribution >= 4 is 11.6 Å². The van der Waals surface area contributed by atoms with E-state index in [-0.39, 0.29) is 0 Å². The van der Waals surface area contributed by atoms with Gasteiger partial charge in [0.25, 0.3) is 6.43 Å². The normalized spacial score (nSPS) is 22.3. The topological polar surface area (TPSA) is 65.0 Å². The van der Waals surface area contributed by atoms with Crippen LogP contribution in [0.2, 0.25) is 0 Å². The fraction of sp³-hybridized carbons (Fsp3) is 0.467. The maximum atomic E-state index is 12.4. The van der Waals surface area contributed by atoms with Crippen LogP contribution in [0.5, 0.6) is 0 Å². The lowest BCUT2D eigenvalue weighted by Crippen LogP contribution is -2.57. The van der Waals surface area contributed by atoms with Crippen LogP contribution in [0.25, 0.3) is 0 Å². The van der Waals surface area contributed by atoms with Gasteiger partial charge in [0.05, 0.1) is 6.54 Å². The predicted octanol–water partition coefficient (Wildman–Crippen LogP) is 1.61. The highest BCUT2D eigenvalue weighted by molar-refractivity contribution is 6.08. The second-order valence-corrected chi connectivity index (χ2v) is 5.25. The maximum Gasteiger partial charge on any atom is 0.255 e. The summed E-state index contributed by atoms with van der Waals surface area (Å²) in [6.07, 6.45) is -1.79.